The fourth-order valence-electron chi connectivity index (χ4n) is 3.95. The van der Waals surface area contributed by atoms with Gasteiger partial charge in [0.25, 0.3) is 0 Å². The molecule has 0 bridgehead atoms. The van der Waals surface area contributed by atoms with E-state index in [-0.39, 0.29) is 6.03 Å². The summed E-state index contributed by atoms with van der Waals surface area (Å²) in [5.74, 6) is 0.895. The summed E-state index contributed by atoms with van der Waals surface area (Å²) in [5.41, 5.74) is 2.20. The Morgan fingerprint density at radius 2 is 2.18 bits per heavy atom. The monoisotopic (exact) mass is 305 g/mol. The van der Waals surface area contributed by atoms with Crippen LogP contribution in [-0.4, -0.2) is 23.8 Å². The Hall–Kier alpha value is -1.56. The molecule has 2 heterocycles. The van der Waals surface area contributed by atoms with E-state index in [1.54, 1.807) is 0 Å². The van der Waals surface area contributed by atoms with Gasteiger partial charge in [0.1, 0.15) is 11.5 Å². The fraction of sp³-hybridized carbons (Fsp3) is 0.750. The highest BCUT2D eigenvalue weighted by Crippen LogP contribution is 2.56. The summed E-state index contributed by atoms with van der Waals surface area (Å²) in [6, 6.07) is 0.267. The van der Waals surface area contributed by atoms with Crippen LogP contribution in [-0.2, 0) is 24.3 Å². The number of hydrogen-bond donors (Lipinski definition) is 2. The normalized spacial score (nSPS) is 25.5. The number of rotatable bonds is 3. The van der Waals surface area contributed by atoms with Crippen molar-refractivity contribution in [2.24, 2.45) is 5.41 Å². The van der Waals surface area contributed by atoms with Crippen LogP contribution in [0.2, 0.25) is 0 Å². The highest BCUT2D eigenvalue weighted by atomic mass is 16.5. The van der Waals surface area contributed by atoms with E-state index in [1.165, 1.54) is 32.1 Å². The third kappa shape index (κ3) is 2.60. The van der Waals surface area contributed by atoms with Crippen molar-refractivity contribution in [1.29, 1.82) is 0 Å². The van der Waals surface area contributed by atoms with Gasteiger partial charge in [-0.3, -0.25) is 0 Å². The van der Waals surface area contributed by atoms with Crippen LogP contribution in [0.1, 0.15) is 55.5 Å². The number of ether oxygens (including phenoxy) is 1. The largest absolute Gasteiger partial charge is 0.376 e. The van der Waals surface area contributed by atoms with E-state index in [2.05, 4.69) is 15.8 Å². The minimum absolute atomic E-state index is 0.0964. The number of nitrogens with one attached hydrogen (secondary N) is 2. The molecule has 22 heavy (non-hydrogen) atoms. The minimum Gasteiger partial charge on any atom is -0.376 e. The van der Waals surface area contributed by atoms with E-state index in [9.17, 15) is 4.79 Å². The van der Waals surface area contributed by atoms with E-state index in [0.29, 0.717) is 31.2 Å². The molecule has 6 heteroatoms. The lowest BCUT2D eigenvalue weighted by Gasteiger charge is -2.22. The molecule has 4 rings (SSSR count). The lowest BCUT2D eigenvalue weighted by molar-refractivity contribution is 0.102. The average molecular weight is 305 g/mol. The maximum atomic E-state index is 12.1. The number of hydrogen-bond acceptors (Lipinski definition) is 4. The van der Waals surface area contributed by atoms with Crippen LogP contribution in [0, 0.1) is 5.41 Å². The maximum Gasteiger partial charge on any atom is 0.315 e. The summed E-state index contributed by atoms with van der Waals surface area (Å²) in [6.07, 6.45) is 8.42. The first kappa shape index (κ1) is 14.1. The molecule has 120 valence electrons. The predicted octanol–water partition coefficient (Wildman–Crippen LogP) is 2.27. The van der Waals surface area contributed by atoms with Gasteiger partial charge in [-0.2, -0.15) is 0 Å². The van der Waals surface area contributed by atoms with Crippen LogP contribution < -0.4 is 10.6 Å². The first-order chi connectivity index (χ1) is 10.8. The highest BCUT2D eigenvalue weighted by Gasteiger charge is 2.54. The molecule has 0 radical (unpaired) electrons. The van der Waals surface area contributed by atoms with Crippen molar-refractivity contribution >= 4 is 6.03 Å². The highest BCUT2D eigenvalue weighted by molar-refractivity contribution is 5.74. The van der Waals surface area contributed by atoms with Crippen molar-refractivity contribution in [2.75, 3.05) is 6.61 Å². The smallest absolute Gasteiger partial charge is 0.315 e. The van der Waals surface area contributed by atoms with Crippen molar-refractivity contribution in [3.8, 4) is 0 Å². The van der Waals surface area contributed by atoms with Gasteiger partial charge in [-0.15, -0.1) is 0 Å². The molecule has 1 unspecified atom stereocenters. The van der Waals surface area contributed by atoms with Gasteiger partial charge in [0.2, 0.25) is 0 Å². The molecule has 1 aliphatic heterocycles. The topological polar surface area (TPSA) is 76.4 Å². The predicted molar refractivity (Wildman–Crippen MR) is 79.2 cm³/mol. The van der Waals surface area contributed by atoms with Crippen LogP contribution in [0.5, 0.6) is 0 Å². The number of nitrogens with zero attached hydrogens (tertiary/aromatic N) is 1. The molecule has 2 amide bonds. The Morgan fingerprint density at radius 3 is 3.05 bits per heavy atom. The van der Waals surface area contributed by atoms with Gasteiger partial charge in [-0.25, -0.2) is 4.79 Å². The number of carbonyl (C=O) groups excluding carboxylic acids is 1. The Kier molecular flexibility index (Phi) is 3.56. The van der Waals surface area contributed by atoms with Crippen LogP contribution in [0.4, 0.5) is 4.79 Å². The van der Waals surface area contributed by atoms with Crippen molar-refractivity contribution in [2.45, 2.75) is 64.1 Å². The molecule has 1 spiro atoms. The van der Waals surface area contributed by atoms with E-state index in [0.717, 1.165) is 29.9 Å². The van der Waals surface area contributed by atoms with Gasteiger partial charge in [0.05, 0.1) is 19.8 Å². The van der Waals surface area contributed by atoms with Gasteiger partial charge >= 0.3 is 6.03 Å². The van der Waals surface area contributed by atoms with Gasteiger partial charge in [0, 0.05) is 18.0 Å². The molecule has 3 aliphatic rings. The van der Waals surface area contributed by atoms with Crippen LogP contribution >= 0.6 is 0 Å². The zero-order valence-corrected chi connectivity index (χ0v) is 12.8. The molecule has 1 aromatic heterocycles. The summed E-state index contributed by atoms with van der Waals surface area (Å²) >= 11 is 0. The number of aromatic nitrogens is 1. The molecular formula is C16H23N3O3. The Balaban J connectivity index is 1.28. The number of amides is 2. The molecule has 1 aromatic rings. The second kappa shape index (κ2) is 5.57. The molecule has 6 nitrogen and oxygen atoms in total. The zero-order valence-electron chi connectivity index (χ0n) is 12.8. The maximum absolute atomic E-state index is 12.1. The van der Waals surface area contributed by atoms with Crippen molar-refractivity contribution < 1.29 is 14.1 Å². The van der Waals surface area contributed by atoms with Crippen molar-refractivity contribution in [3.05, 3.63) is 17.0 Å². The van der Waals surface area contributed by atoms with Gasteiger partial charge in [0.15, 0.2) is 0 Å². The molecule has 2 N–H and O–H groups in total. The summed E-state index contributed by atoms with van der Waals surface area (Å²) in [5, 5.41) is 10.1. The fourth-order valence-corrected chi connectivity index (χ4v) is 3.95. The third-order valence-corrected chi connectivity index (χ3v) is 5.43. The Morgan fingerprint density at radius 1 is 1.32 bits per heavy atom. The summed E-state index contributed by atoms with van der Waals surface area (Å²) < 4.78 is 10.7. The van der Waals surface area contributed by atoms with Gasteiger partial charge in [-0.1, -0.05) is 24.4 Å². The molecule has 1 atom stereocenters. The first-order valence-electron chi connectivity index (χ1n) is 8.35. The van der Waals surface area contributed by atoms with E-state index in [4.69, 9.17) is 9.26 Å². The van der Waals surface area contributed by atoms with Crippen molar-refractivity contribution in [3.63, 3.8) is 0 Å². The van der Waals surface area contributed by atoms with E-state index < -0.39 is 0 Å². The van der Waals surface area contributed by atoms with Crippen LogP contribution in [0.3, 0.4) is 0 Å². The van der Waals surface area contributed by atoms with Crippen molar-refractivity contribution in [1.82, 2.24) is 15.8 Å². The summed E-state index contributed by atoms with van der Waals surface area (Å²) in [4.78, 5) is 12.1. The minimum atomic E-state index is -0.0964. The van der Waals surface area contributed by atoms with Gasteiger partial charge in [-0.05, 0) is 24.7 Å². The second-order valence-corrected chi connectivity index (χ2v) is 6.84. The summed E-state index contributed by atoms with van der Waals surface area (Å²) in [6.45, 7) is 1.61. The first-order valence-corrected chi connectivity index (χ1v) is 8.35. The number of fused-ring (bicyclic) bond motifs is 1. The number of urea groups is 1. The third-order valence-electron chi connectivity index (χ3n) is 5.43. The zero-order chi connectivity index (χ0) is 15.0. The lowest BCUT2D eigenvalue weighted by Crippen LogP contribution is -2.39. The molecule has 0 saturated heterocycles. The van der Waals surface area contributed by atoms with E-state index in [1.807, 2.05) is 0 Å². The average Bonchev–Trinajstić information content (AvgIpc) is 3.02. The Labute approximate surface area is 129 Å². The quantitative estimate of drug-likeness (QED) is 0.898. The lowest BCUT2D eigenvalue weighted by atomic mass is 9.86. The van der Waals surface area contributed by atoms with E-state index >= 15 is 0 Å². The molecule has 0 aromatic carbocycles. The molecule has 2 aliphatic carbocycles. The summed E-state index contributed by atoms with van der Waals surface area (Å²) in [7, 11) is 0. The standard InChI is InChI=1S/C16H23N3O3/c20-15(18-14-8-16(14)5-2-1-3-6-16)17-9-12-11-10-21-7-4-13(11)22-19-12/h14H,1-10H2,(H2,17,18,20). The SMILES string of the molecule is O=C(NCc1noc2c1COCC2)NC1CC12CCCCC2. The molecule has 2 fully saturated rings. The molecular weight excluding hydrogens is 282 g/mol. The van der Waals surface area contributed by atoms with Crippen LogP contribution in [0.25, 0.3) is 0 Å². The number of carbonyl (C=O) groups is 1. The second-order valence-electron chi connectivity index (χ2n) is 6.84. The molecule has 2 saturated carbocycles. The van der Waals surface area contributed by atoms with Gasteiger partial charge < -0.3 is 19.9 Å². The Bertz CT molecular complexity index is 563. The van der Waals surface area contributed by atoms with Crippen LogP contribution in [0.15, 0.2) is 4.52 Å².